The molecule has 1 fully saturated rings. The van der Waals surface area contributed by atoms with Crippen LogP contribution in [0.4, 0.5) is 0 Å². The minimum Gasteiger partial charge on any atom is -0.361 e. The van der Waals surface area contributed by atoms with Crippen molar-refractivity contribution in [3.8, 4) is 0 Å². The van der Waals surface area contributed by atoms with Gasteiger partial charge in [0, 0.05) is 42.1 Å². The molecule has 24 heavy (non-hydrogen) atoms. The molecule has 1 aliphatic rings. The fourth-order valence-electron chi connectivity index (χ4n) is 3.93. The number of nitrogens with one attached hydrogen (secondary N) is 1. The normalized spacial score (nSPS) is 17.8. The maximum Gasteiger partial charge on any atom is 0.254 e. The number of benzene rings is 1. The first kappa shape index (κ1) is 15.0. The van der Waals surface area contributed by atoms with Crippen molar-refractivity contribution in [2.24, 2.45) is 7.05 Å². The zero-order valence-electron chi connectivity index (χ0n) is 14.3. The van der Waals surface area contributed by atoms with Crippen LogP contribution in [0.1, 0.15) is 46.2 Å². The molecule has 124 valence electrons. The van der Waals surface area contributed by atoms with E-state index in [1.807, 2.05) is 54.0 Å². The first-order valence-corrected chi connectivity index (χ1v) is 8.44. The SMILES string of the molecule is Cc1nn(C)c(C)c1[C@H]1CCCN1C(=O)c1ccc2cc[nH]c2c1. The van der Waals surface area contributed by atoms with Gasteiger partial charge >= 0.3 is 0 Å². The molecule has 3 heterocycles. The molecule has 0 aliphatic carbocycles. The first-order chi connectivity index (χ1) is 11.6. The van der Waals surface area contributed by atoms with Gasteiger partial charge in [0.2, 0.25) is 0 Å². The molecule has 1 amide bonds. The van der Waals surface area contributed by atoms with E-state index in [4.69, 9.17) is 0 Å². The van der Waals surface area contributed by atoms with Gasteiger partial charge < -0.3 is 9.88 Å². The lowest BCUT2D eigenvalue weighted by atomic mass is 10.0. The summed E-state index contributed by atoms with van der Waals surface area (Å²) in [5.74, 6) is 0.108. The third-order valence-corrected chi connectivity index (χ3v) is 5.21. The molecule has 2 aromatic heterocycles. The van der Waals surface area contributed by atoms with Gasteiger partial charge in [0.1, 0.15) is 0 Å². The average molecular weight is 322 g/mol. The van der Waals surface area contributed by atoms with E-state index in [9.17, 15) is 4.79 Å². The molecule has 1 N–H and O–H groups in total. The summed E-state index contributed by atoms with van der Waals surface area (Å²) < 4.78 is 1.91. The maximum atomic E-state index is 13.1. The number of carbonyl (C=O) groups excluding carboxylic acids is 1. The smallest absolute Gasteiger partial charge is 0.254 e. The lowest BCUT2D eigenvalue weighted by Gasteiger charge is -2.25. The Balaban J connectivity index is 1.70. The van der Waals surface area contributed by atoms with Crippen molar-refractivity contribution in [2.75, 3.05) is 6.54 Å². The van der Waals surface area contributed by atoms with Crippen LogP contribution in [0.15, 0.2) is 30.5 Å². The summed E-state index contributed by atoms with van der Waals surface area (Å²) in [6.45, 7) is 4.93. The summed E-state index contributed by atoms with van der Waals surface area (Å²) in [6, 6.07) is 8.04. The van der Waals surface area contributed by atoms with Gasteiger partial charge in [0.25, 0.3) is 5.91 Å². The van der Waals surface area contributed by atoms with Crippen molar-refractivity contribution in [3.63, 3.8) is 0 Å². The predicted octanol–water partition coefficient (Wildman–Crippen LogP) is 3.50. The Morgan fingerprint density at radius 2 is 2.12 bits per heavy atom. The molecule has 0 unspecified atom stereocenters. The number of aromatic nitrogens is 3. The number of likely N-dealkylation sites (tertiary alicyclic amines) is 1. The van der Waals surface area contributed by atoms with Gasteiger partial charge in [0.05, 0.1) is 11.7 Å². The average Bonchev–Trinajstić information content (AvgIpc) is 3.26. The molecule has 0 spiro atoms. The summed E-state index contributed by atoms with van der Waals surface area (Å²) in [5.41, 5.74) is 5.14. The monoisotopic (exact) mass is 322 g/mol. The number of hydrogen-bond donors (Lipinski definition) is 1. The summed E-state index contributed by atoms with van der Waals surface area (Å²) >= 11 is 0. The highest BCUT2D eigenvalue weighted by Crippen LogP contribution is 2.36. The van der Waals surface area contributed by atoms with Gasteiger partial charge in [-0.3, -0.25) is 9.48 Å². The Bertz CT molecular complexity index is 921. The largest absolute Gasteiger partial charge is 0.361 e. The first-order valence-electron chi connectivity index (χ1n) is 8.44. The molecule has 0 bridgehead atoms. The zero-order chi connectivity index (χ0) is 16.8. The van der Waals surface area contributed by atoms with Crippen LogP contribution in [-0.4, -0.2) is 32.1 Å². The molecule has 1 aromatic carbocycles. The summed E-state index contributed by atoms with van der Waals surface area (Å²) in [6.07, 6.45) is 3.94. The fraction of sp³-hybridized carbons (Fsp3) is 0.368. The third kappa shape index (κ3) is 2.23. The molecule has 0 radical (unpaired) electrons. The number of H-pyrrole nitrogens is 1. The van der Waals surface area contributed by atoms with Gasteiger partial charge in [-0.1, -0.05) is 6.07 Å². The fourth-order valence-corrected chi connectivity index (χ4v) is 3.93. The minimum atomic E-state index is 0.108. The van der Waals surface area contributed by atoms with Gasteiger partial charge in [-0.05, 0) is 50.3 Å². The Kier molecular flexibility index (Phi) is 3.44. The molecule has 5 nitrogen and oxygen atoms in total. The highest BCUT2D eigenvalue weighted by Gasteiger charge is 2.33. The molecular weight excluding hydrogens is 300 g/mol. The van der Waals surface area contributed by atoms with E-state index in [1.54, 1.807) is 0 Å². The van der Waals surface area contributed by atoms with Gasteiger partial charge in [-0.15, -0.1) is 0 Å². The third-order valence-electron chi connectivity index (χ3n) is 5.21. The molecule has 1 saturated heterocycles. The molecule has 4 rings (SSSR count). The van der Waals surface area contributed by atoms with E-state index in [0.29, 0.717) is 0 Å². The van der Waals surface area contributed by atoms with E-state index in [0.717, 1.165) is 47.2 Å². The lowest BCUT2D eigenvalue weighted by Crippen LogP contribution is -2.31. The van der Waals surface area contributed by atoms with E-state index in [2.05, 4.69) is 17.0 Å². The van der Waals surface area contributed by atoms with E-state index < -0.39 is 0 Å². The second-order valence-corrected chi connectivity index (χ2v) is 6.64. The van der Waals surface area contributed by atoms with Crippen LogP contribution in [0, 0.1) is 13.8 Å². The van der Waals surface area contributed by atoms with Gasteiger partial charge in [0.15, 0.2) is 0 Å². The molecular formula is C19H22N4O. The molecule has 5 heteroatoms. The standard InChI is InChI=1S/C19H22N4O/c1-12-18(13(2)22(3)21-12)17-5-4-10-23(17)19(24)15-7-6-14-8-9-20-16(14)11-15/h6-9,11,17,20H,4-5,10H2,1-3H3/t17-/m1/s1. The minimum absolute atomic E-state index is 0.108. The Hall–Kier alpha value is -2.56. The molecule has 1 atom stereocenters. The van der Waals surface area contributed by atoms with Crippen LogP contribution in [0.25, 0.3) is 10.9 Å². The number of hydrogen-bond acceptors (Lipinski definition) is 2. The summed E-state index contributed by atoms with van der Waals surface area (Å²) in [4.78, 5) is 18.3. The van der Waals surface area contributed by atoms with Crippen LogP contribution < -0.4 is 0 Å². The summed E-state index contributed by atoms with van der Waals surface area (Å²) in [7, 11) is 1.96. The lowest BCUT2D eigenvalue weighted by molar-refractivity contribution is 0.0735. The topological polar surface area (TPSA) is 53.9 Å². The number of carbonyl (C=O) groups is 1. The van der Waals surface area contributed by atoms with E-state index >= 15 is 0 Å². The van der Waals surface area contributed by atoms with Crippen LogP contribution in [-0.2, 0) is 7.05 Å². The van der Waals surface area contributed by atoms with Gasteiger partial charge in [-0.25, -0.2) is 0 Å². The number of aryl methyl sites for hydroxylation is 2. The molecule has 1 aliphatic heterocycles. The predicted molar refractivity (Wildman–Crippen MR) is 94.0 cm³/mol. The second-order valence-electron chi connectivity index (χ2n) is 6.64. The Labute approximate surface area is 141 Å². The highest BCUT2D eigenvalue weighted by atomic mass is 16.2. The van der Waals surface area contributed by atoms with Gasteiger partial charge in [-0.2, -0.15) is 5.10 Å². The van der Waals surface area contributed by atoms with Crippen molar-refractivity contribution >= 4 is 16.8 Å². The number of amides is 1. The molecule has 3 aromatic rings. The number of fused-ring (bicyclic) bond motifs is 1. The second kappa shape index (κ2) is 5.51. The van der Waals surface area contributed by atoms with Crippen LogP contribution in [0.2, 0.25) is 0 Å². The van der Waals surface area contributed by atoms with Crippen LogP contribution in [0.3, 0.4) is 0 Å². The van der Waals surface area contributed by atoms with Crippen molar-refractivity contribution in [1.82, 2.24) is 19.7 Å². The van der Waals surface area contributed by atoms with Crippen molar-refractivity contribution in [1.29, 1.82) is 0 Å². The quantitative estimate of drug-likeness (QED) is 0.785. The Morgan fingerprint density at radius 1 is 1.29 bits per heavy atom. The molecule has 0 saturated carbocycles. The number of aromatic amines is 1. The maximum absolute atomic E-state index is 13.1. The van der Waals surface area contributed by atoms with Crippen molar-refractivity contribution < 1.29 is 4.79 Å². The number of nitrogens with zero attached hydrogens (tertiary/aromatic N) is 3. The highest BCUT2D eigenvalue weighted by molar-refractivity contribution is 5.98. The van der Waals surface area contributed by atoms with Crippen molar-refractivity contribution in [2.45, 2.75) is 32.7 Å². The van der Waals surface area contributed by atoms with Crippen LogP contribution in [0.5, 0.6) is 0 Å². The zero-order valence-corrected chi connectivity index (χ0v) is 14.3. The summed E-state index contributed by atoms with van der Waals surface area (Å²) in [5, 5.41) is 5.66. The number of rotatable bonds is 2. The van der Waals surface area contributed by atoms with E-state index in [-0.39, 0.29) is 11.9 Å². The Morgan fingerprint density at radius 3 is 2.88 bits per heavy atom. The van der Waals surface area contributed by atoms with Crippen LogP contribution >= 0.6 is 0 Å². The van der Waals surface area contributed by atoms with E-state index in [1.165, 1.54) is 5.56 Å². The van der Waals surface area contributed by atoms with Crippen molar-refractivity contribution in [3.05, 3.63) is 53.0 Å².